The standard InChI is InChI=1S/C17H21F3N4/c1-23-8-6-15(22-23)10-21-16-7-9-24(12-16)11-13-2-4-14(5-3-13)17(18,19)20/h2-6,8,16,21H,7,9-12H2,1H3. The van der Waals surface area contributed by atoms with Crippen LogP contribution in [0.1, 0.15) is 23.2 Å². The Balaban J connectivity index is 1.47. The summed E-state index contributed by atoms with van der Waals surface area (Å²) in [6.07, 6.45) is -1.32. The van der Waals surface area contributed by atoms with Crippen LogP contribution in [0.4, 0.5) is 13.2 Å². The number of nitrogens with one attached hydrogen (secondary N) is 1. The van der Waals surface area contributed by atoms with E-state index in [9.17, 15) is 13.2 Å². The second kappa shape index (κ2) is 6.94. The summed E-state index contributed by atoms with van der Waals surface area (Å²) in [6, 6.07) is 7.82. The first kappa shape index (κ1) is 17.0. The first-order valence-electron chi connectivity index (χ1n) is 8.00. The van der Waals surface area contributed by atoms with Crippen LogP contribution in [0, 0.1) is 0 Å². The van der Waals surface area contributed by atoms with Gasteiger partial charge in [-0.1, -0.05) is 12.1 Å². The van der Waals surface area contributed by atoms with Crippen LogP contribution in [0.15, 0.2) is 36.5 Å². The lowest BCUT2D eigenvalue weighted by atomic mass is 10.1. The van der Waals surface area contributed by atoms with E-state index in [1.54, 1.807) is 16.8 Å². The van der Waals surface area contributed by atoms with E-state index in [-0.39, 0.29) is 0 Å². The second-order valence-corrected chi connectivity index (χ2v) is 6.28. The van der Waals surface area contributed by atoms with Crippen molar-refractivity contribution in [3.05, 3.63) is 53.3 Å². The van der Waals surface area contributed by atoms with Crippen molar-refractivity contribution in [1.29, 1.82) is 0 Å². The van der Waals surface area contributed by atoms with E-state index in [2.05, 4.69) is 15.3 Å². The monoisotopic (exact) mass is 338 g/mol. The number of nitrogens with zero attached hydrogens (tertiary/aromatic N) is 3. The summed E-state index contributed by atoms with van der Waals surface area (Å²) in [5.74, 6) is 0. The van der Waals surface area contributed by atoms with Crippen LogP contribution in [0.3, 0.4) is 0 Å². The molecule has 1 atom stereocenters. The Hall–Kier alpha value is -1.86. The molecule has 2 aromatic rings. The summed E-state index contributed by atoms with van der Waals surface area (Å²) < 4.78 is 39.5. The van der Waals surface area contributed by atoms with Gasteiger partial charge >= 0.3 is 6.18 Å². The van der Waals surface area contributed by atoms with Crippen molar-refractivity contribution in [2.45, 2.75) is 31.7 Å². The minimum absolute atomic E-state index is 0.390. The topological polar surface area (TPSA) is 33.1 Å². The first-order valence-corrected chi connectivity index (χ1v) is 8.00. The SMILES string of the molecule is Cn1ccc(CNC2CCN(Cc3ccc(C(F)(F)F)cc3)C2)n1. The maximum absolute atomic E-state index is 12.6. The highest BCUT2D eigenvalue weighted by Gasteiger charge is 2.30. The van der Waals surface area contributed by atoms with Gasteiger partial charge in [0.15, 0.2) is 0 Å². The molecule has 0 spiro atoms. The van der Waals surface area contributed by atoms with Gasteiger partial charge in [-0.15, -0.1) is 0 Å². The maximum Gasteiger partial charge on any atom is 0.416 e. The molecule has 1 aliphatic rings. The molecule has 0 saturated carbocycles. The molecule has 1 aromatic carbocycles. The molecule has 1 N–H and O–H groups in total. The van der Waals surface area contributed by atoms with Crippen molar-refractivity contribution in [3.63, 3.8) is 0 Å². The molecule has 1 unspecified atom stereocenters. The second-order valence-electron chi connectivity index (χ2n) is 6.28. The number of alkyl halides is 3. The van der Waals surface area contributed by atoms with Crippen molar-refractivity contribution in [1.82, 2.24) is 20.0 Å². The fourth-order valence-corrected chi connectivity index (χ4v) is 3.01. The zero-order valence-electron chi connectivity index (χ0n) is 13.6. The molecule has 24 heavy (non-hydrogen) atoms. The minimum atomic E-state index is -4.27. The van der Waals surface area contributed by atoms with E-state index in [4.69, 9.17) is 0 Å². The Bertz CT molecular complexity index is 663. The number of likely N-dealkylation sites (tertiary alicyclic amines) is 1. The molecule has 0 amide bonds. The van der Waals surface area contributed by atoms with Gasteiger partial charge in [0.25, 0.3) is 0 Å². The summed E-state index contributed by atoms with van der Waals surface area (Å²) >= 11 is 0. The van der Waals surface area contributed by atoms with Crippen molar-refractivity contribution in [2.24, 2.45) is 7.05 Å². The van der Waals surface area contributed by atoms with Crippen molar-refractivity contribution in [2.75, 3.05) is 13.1 Å². The fourth-order valence-electron chi connectivity index (χ4n) is 3.01. The van der Waals surface area contributed by atoms with Crippen LogP contribution in [-0.2, 0) is 26.3 Å². The van der Waals surface area contributed by atoms with E-state index in [0.29, 0.717) is 12.6 Å². The summed E-state index contributed by atoms with van der Waals surface area (Å²) in [5.41, 5.74) is 1.33. The quantitative estimate of drug-likeness (QED) is 0.910. The highest BCUT2D eigenvalue weighted by atomic mass is 19.4. The van der Waals surface area contributed by atoms with Gasteiger partial charge in [0, 0.05) is 45.5 Å². The molecule has 130 valence electrons. The third-order valence-corrected chi connectivity index (χ3v) is 4.30. The lowest BCUT2D eigenvalue weighted by molar-refractivity contribution is -0.137. The van der Waals surface area contributed by atoms with Gasteiger partial charge in [-0.2, -0.15) is 18.3 Å². The first-order chi connectivity index (χ1) is 11.4. The van der Waals surface area contributed by atoms with E-state index < -0.39 is 11.7 Å². The number of aromatic nitrogens is 2. The average Bonchev–Trinajstić information content (AvgIpc) is 3.14. The van der Waals surface area contributed by atoms with Crippen LogP contribution in [0.2, 0.25) is 0 Å². The number of rotatable bonds is 5. The average molecular weight is 338 g/mol. The Morgan fingerprint density at radius 3 is 2.58 bits per heavy atom. The number of benzene rings is 1. The van der Waals surface area contributed by atoms with E-state index in [1.165, 1.54) is 0 Å². The lowest BCUT2D eigenvalue weighted by Crippen LogP contribution is -2.32. The van der Waals surface area contributed by atoms with Crippen LogP contribution < -0.4 is 5.32 Å². The number of halogens is 3. The van der Waals surface area contributed by atoms with Gasteiger partial charge in [0.1, 0.15) is 0 Å². The molecule has 1 aliphatic heterocycles. The Kier molecular flexibility index (Phi) is 4.91. The molecule has 1 fully saturated rings. The largest absolute Gasteiger partial charge is 0.416 e. The third-order valence-electron chi connectivity index (χ3n) is 4.30. The Morgan fingerprint density at radius 1 is 1.21 bits per heavy atom. The van der Waals surface area contributed by atoms with Gasteiger partial charge < -0.3 is 5.32 Å². The number of hydrogen-bond acceptors (Lipinski definition) is 3. The fraction of sp³-hybridized carbons (Fsp3) is 0.471. The maximum atomic E-state index is 12.6. The highest BCUT2D eigenvalue weighted by Crippen LogP contribution is 2.29. The van der Waals surface area contributed by atoms with Crippen molar-refractivity contribution in [3.8, 4) is 0 Å². The molecule has 1 aromatic heterocycles. The zero-order valence-corrected chi connectivity index (χ0v) is 13.6. The Morgan fingerprint density at radius 2 is 1.96 bits per heavy atom. The van der Waals surface area contributed by atoms with E-state index in [1.807, 2.05) is 19.3 Å². The van der Waals surface area contributed by atoms with Gasteiger partial charge in [0.2, 0.25) is 0 Å². The molecule has 4 nitrogen and oxygen atoms in total. The van der Waals surface area contributed by atoms with Crippen LogP contribution in [0.5, 0.6) is 0 Å². The van der Waals surface area contributed by atoms with Crippen molar-refractivity contribution < 1.29 is 13.2 Å². The molecule has 7 heteroatoms. The summed E-state index contributed by atoms with van der Waals surface area (Å²) in [6.45, 7) is 3.26. The molecule has 1 saturated heterocycles. The van der Waals surface area contributed by atoms with E-state index >= 15 is 0 Å². The summed E-state index contributed by atoms with van der Waals surface area (Å²) in [4.78, 5) is 2.26. The van der Waals surface area contributed by atoms with Crippen molar-refractivity contribution >= 4 is 0 Å². The molecule has 3 rings (SSSR count). The molecule has 2 heterocycles. The van der Waals surface area contributed by atoms with Gasteiger partial charge in [0.05, 0.1) is 11.3 Å². The van der Waals surface area contributed by atoms with Crippen LogP contribution >= 0.6 is 0 Å². The summed E-state index contributed by atoms with van der Waals surface area (Å²) in [5, 5.41) is 7.82. The minimum Gasteiger partial charge on any atom is -0.307 e. The molecule has 0 radical (unpaired) electrons. The van der Waals surface area contributed by atoms with E-state index in [0.717, 1.165) is 49.4 Å². The molecular formula is C17H21F3N4. The summed E-state index contributed by atoms with van der Waals surface area (Å²) in [7, 11) is 1.89. The lowest BCUT2D eigenvalue weighted by Gasteiger charge is -2.17. The van der Waals surface area contributed by atoms with Gasteiger partial charge in [-0.3, -0.25) is 9.58 Å². The molecule has 0 aliphatic carbocycles. The number of aryl methyl sites for hydroxylation is 1. The van der Waals surface area contributed by atoms with Crippen LogP contribution in [0.25, 0.3) is 0 Å². The highest BCUT2D eigenvalue weighted by molar-refractivity contribution is 5.24. The molecular weight excluding hydrogens is 317 g/mol. The zero-order chi connectivity index (χ0) is 17.2. The third kappa shape index (κ3) is 4.36. The van der Waals surface area contributed by atoms with Crippen LogP contribution in [-0.4, -0.2) is 33.8 Å². The molecule has 0 bridgehead atoms. The smallest absolute Gasteiger partial charge is 0.307 e. The Labute approximate surface area is 139 Å². The normalized spacial score (nSPS) is 19.1. The predicted molar refractivity (Wildman–Crippen MR) is 85.2 cm³/mol. The predicted octanol–water partition coefficient (Wildman–Crippen LogP) is 2.80. The van der Waals surface area contributed by atoms with Gasteiger partial charge in [-0.05, 0) is 30.2 Å². The van der Waals surface area contributed by atoms with Gasteiger partial charge in [-0.25, -0.2) is 0 Å². The number of hydrogen-bond donors (Lipinski definition) is 1.